The third-order valence-corrected chi connectivity index (χ3v) is 11.8. The van der Waals surface area contributed by atoms with Crippen molar-refractivity contribution in [3.8, 4) is 11.1 Å². The number of ether oxygens (including phenoxy) is 1. The van der Waals surface area contributed by atoms with Crippen LogP contribution in [0.4, 0.5) is 0 Å². The molecule has 0 spiro atoms. The number of benzene rings is 4. The van der Waals surface area contributed by atoms with Gasteiger partial charge in [0.25, 0.3) is 0 Å². The molecular weight excluding hydrogens is 841 g/mol. The van der Waals surface area contributed by atoms with Gasteiger partial charge >= 0.3 is 7.12 Å². The number of hydrogen-bond acceptors (Lipinski definition) is 10. The number of piperidine rings is 1. The van der Waals surface area contributed by atoms with Crippen molar-refractivity contribution in [1.29, 1.82) is 0 Å². The summed E-state index contributed by atoms with van der Waals surface area (Å²) in [4.78, 5) is 84.5. The first-order valence-corrected chi connectivity index (χ1v) is 22.3. The van der Waals surface area contributed by atoms with Crippen molar-refractivity contribution in [3.63, 3.8) is 0 Å². The lowest BCUT2D eigenvalue weighted by molar-refractivity contribution is -0.141. The minimum absolute atomic E-state index is 0.00237. The number of carbonyl (C=O) groups is 6. The summed E-state index contributed by atoms with van der Waals surface area (Å²) in [6, 6.07) is 28.8. The molecule has 9 N–H and O–H groups in total. The van der Waals surface area contributed by atoms with Crippen LogP contribution in [-0.4, -0.2) is 116 Å². The molecule has 0 aromatic heterocycles. The number of nitrogens with one attached hydrogen (secondary N) is 5. The second-order valence-corrected chi connectivity index (χ2v) is 16.6. The third kappa shape index (κ3) is 13.9. The molecular formula is C49H58BN7O9. The Morgan fingerprint density at radius 1 is 0.818 bits per heavy atom. The summed E-state index contributed by atoms with van der Waals surface area (Å²) in [6.07, 6.45) is 3.52. The van der Waals surface area contributed by atoms with Crippen molar-refractivity contribution in [2.75, 3.05) is 45.9 Å². The first-order chi connectivity index (χ1) is 31.9. The topological polar surface area (TPSA) is 242 Å². The quantitative estimate of drug-likeness (QED) is 0.0721. The normalized spacial score (nSPS) is 20.5. The van der Waals surface area contributed by atoms with E-state index in [1.165, 1.54) is 0 Å². The summed E-state index contributed by atoms with van der Waals surface area (Å²) in [5.74, 6) is -2.84. The van der Waals surface area contributed by atoms with E-state index in [4.69, 9.17) is 10.5 Å². The van der Waals surface area contributed by atoms with Gasteiger partial charge in [0, 0.05) is 57.8 Å². The fourth-order valence-corrected chi connectivity index (χ4v) is 8.25. The Kier molecular flexibility index (Phi) is 17.8. The monoisotopic (exact) mass is 899 g/mol. The zero-order valence-corrected chi connectivity index (χ0v) is 36.9. The molecule has 17 heteroatoms. The Labute approximate surface area is 384 Å². The molecule has 0 saturated carbocycles. The average Bonchev–Trinajstić information content (AvgIpc) is 3.32. The third-order valence-electron chi connectivity index (χ3n) is 11.8. The summed E-state index contributed by atoms with van der Waals surface area (Å²) in [6.45, 7) is 1.45. The highest BCUT2D eigenvalue weighted by Crippen LogP contribution is 2.35. The number of fused-ring (bicyclic) bond motifs is 3. The van der Waals surface area contributed by atoms with Gasteiger partial charge in [-0.1, -0.05) is 103 Å². The van der Waals surface area contributed by atoms with Crippen LogP contribution >= 0.6 is 0 Å². The largest absolute Gasteiger partial charge is 0.488 e. The molecule has 6 rings (SSSR count). The summed E-state index contributed by atoms with van der Waals surface area (Å²) in [5, 5.41) is 33.4. The maximum absolute atomic E-state index is 14.9. The Balaban J connectivity index is 1.30. The fourth-order valence-electron chi connectivity index (χ4n) is 8.25. The maximum atomic E-state index is 14.9. The van der Waals surface area contributed by atoms with Crippen molar-refractivity contribution in [2.24, 2.45) is 11.1 Å². The molecule has 1 fully saturated rings. The first kappa shape index (κ1) is 48.8. The zero-order chi connectivity index (χ0) is 46.9. The Morgan fingerprint density at radius 2 is 1.52 bits per heavy atom. The van der Waals surface area contributed by atoms with Crippen LogP contribution in [0.3, 0.4) is 0 Å². The average molecular weight is 900 g/mol. The van der Waals surface area contributed by atoms with Gasteiger partial charge in [-0.05, 0) is 64.5 Å². The lowest BCUT2D eigenvalue weighted by atomic mass is 9.74. The number of amides is 6. The molecule has 6 amide bonds. The van der Waals surface area contributed by atoms with E-state index in [-0.39, 0.29) is 58.5 Å². The molecule has 4 aromatic rings. The number of hydrogen-bond donors (Lipinski definition) is 8. The van der Waals surface area contributed by atoms with Gasteiger partial charge in [0.2, 0.25) is 35.4 Å². The van der Waals surface area contributed by atoms with Crippen LogP contribution < -0.4 is 37.8 Å². The van der Waals surface area contributed by atoms with Gasteiger partial charge in [-0.15, -0.1) is 0 Å². The summed E-state index contributed by atoms with van der Waals surface area (Å²) >= 11 is 0. The van der Waals surface area contributed by atoms with Gasteiger partial charge < -0.3 is 52.0 Å². The predicted octanol–water partition coefficient (Wildman–Crippen LogP) is 0.424. The highest BCUT2D eigenvalue weighted by Gasteiger charge is 2.44. The standard InChI is InChI=1S/C49H58BN7O9/c51-23-27-66-28-25-53-46(61)41-21-24-52-43(58)19-20-45(60)57-26-6-22-49(33-57,31-35-7-2-1-3-8-35)48(63)56-42(47(62)54-32-39-10-5-4-9-38(39)30-44(59)55-41)29-34-11-13-36(14-12-34)37-15-17-40(18-16-37)50(64)65/h1-5,7-20,41-42,64-65H,6,21-33,51H2,(H,52,58)(H,53,61)(H,54,62)(H,55,59)(H,56,63)/b20-19+/t41-,42-,49-/m0/s1. The molecule has 16 nitrogen and oxygen atoms in total. The molecule has 0 radical (unpaired) electrons. The van der Waals surface area contributed by atoms with E-state index < -0.39 is 60.1 Å². The van der Waals surface area contributed by atoms with E-state index in [0.29, 0.717) is 49.1 Å². The van der Waals surface area contributed by atoms with Gasteiger partial charge in [0.05, 0.1) is 25.0 Å². The van der Waals surface area contributed by atoms with Crippen LogP contribution in [0.5, 0.6) is 0 Å². The zero-order valence-electron chi connectivity index (χ0n) is 36.9. The highest BCUT2D eigenvalue weighted by atomic mass is 16.5. The molecule has 2 aliphatic heterocycles. The van der Waals surface area contributed by atoms with Gasteiger partial charge in [-0.2, -0.15) is 0 Å². The van der Waals surface area contributed by atoms with Gasteiger partial charge in [0.15, 0.2) is 0 Å². The van der Waals surface area contributed by atoms with Crippen LogP contribution in [0.25, 0.3) is 11.1 Å². The molecule has 346 valence electrons. The molecule has 4 aromatic carbocycles. The maximum Gasteiger partial charge on any atom is 0.488 e. The predicted molar refractivity (Wildman–Crippen MR) is 249 cm³/mol. The second-order valence-electron chi connectivity index (χ2n) is 16.6. The van der Waals surface area contributed by atoms with E-state index in [9.17, 15) is 38.8 Å². The Morgan fingerprint density at radius 3 is 2.23 bits per heavy atom. The highest BCUT2D eigenvalue weighted by molar-refractivity contribution is 6.58. The van der Waals surface area contributed by atoms with Crippen LogP contribution in [0.2, 0.25) is 0 Å². The number of nitrogens with zero attached hydrogens (tertiary/aromatic N) is 1. The van der Waals surface area contributed by atoms with E-state index in [2.05, 4.69) is 26.6 Å². The van der Waals surface area contributed by atoms with E-state index in [0.717, 1.165) is 34.4 Å². The molecule has 3 atom stereocenters. The fraction of sp³-hybridized carbons (Fsp3) is 0.347. The molecule has 0 unspecified atom stereocenters. The summed E-state index contributed by atoms with van der Waals surface area (Å²) in [5.41, 5.74) is 9.30. The number of nitrogens with two attached hydrogens (primary N) is 1. The van der Waals surface area contributed by atoms with Crippen LogP contribution in [0.15, 0.2) is 115 Å². The van der Waals surface area contributed by atoms with Gasteiger partial charge in [-0.3, -0.25) is 28.8 Å². The number of rotatable bonds is 12. The SMILES string of the molecule is NCCOCCNC(=O)[C@@H]1CCNC(=O)/C=C/C(=O)N2CCC[C@](Cc3ccccc3)(C2)C(=O)N[C@@H](Cc2ccc(-c3ccc(B(O)O)cc3)cc2)C(=O)NCc2ccccc2CC(=O)N1. The molecule has 2 bridgehead atoms. The minimum atomic E-state index is -1.59. The van der Waals surface area contributed by atoms with E-state index in [1.807, 2.05) is 54.6 Å². The number of carbonyl (C=O) groups excluding carboxylic acids is 6. The van der Waals surface area contributed by atoms with Gasteiger partial charge in [-0.25, -0.2) is 0 Å². The molecule has 2 heterocycles. The Bertz CT molecular complexity index is 2330. The van der Waals surface area contributed by atoms with E-state index >= 15 is 0 Å². The van der Waals surface area contributed by atoms with Crippen molar-refractivity contribution in [3.05, 3.63) is 138 Å². The van der Waals surface area contributed by atoms with Crippen LogP contribution in [-0.2, 0) is 59.3 Å². The van der Waals surface area contributed by atoms with Crippen LogP contribution in [0.1, 0.15) is 41.5 Å². The summed E-state index contributed by atoms with van der Waals surface area (Å²) in [7, 11) is -1.59. The lowest BCUT2D eigenvalue weighted by Crippen LogP contribution is -2.58. The minimum Gasteiger partial charge on any atom is -0.423 e. The van der Waals surface area contributed by atoms with Crippen molar-refractivity contribution < 1.29 is 43.6 Å². The summed E-state index contributed by atoms with van der Waals surface area (Å²) < 4.78 is 5.36. The van der Waals surface area contributed by atoms with Crippen molar-refractivity contribution in [2.45, 2.75) is 57.2 Å². The molecule has 0 aliphatic carbocycles. The van der Waals surface area contributed by atoms with Crippen molar-refractivity contribution in [1.82, 2.24) is 31.5 Å². The molecule has 1 saturated heterocycles. The first-order valence-electron chi connectivity index (χ1n) is 22.3. The van der Waals surface area contributed by atoms with Crippen LogP contribution in [0, 0.1) is 5.41 Å². The molecule has 66 heavy (non-hydrogen) atoms. The van der Waals surface area contributed by atoms with Crippen molar-refractivity contribution >= 4 is 48.0 Å². The lowest BCUT2D eigenvalue weighted by Gasteiger charge is -2.42. The van der Waals surface area contributed by atoms with Gasteiger partial charge in [0.1, 0.15) is 12.1 Å². The molecule has 2 aliphatic rings. The second kappa shape index (κ2) is 24.0. The smallest absolute Gasteiger partial charge is 0.423 e. The Hall–Kier alpha value is -6.66. The van der Waals surface area contributed by atoms with E-state index in [1.54, 1.807) is 53.4 Å².